The molecule has 0 radical (unpaired) electrons. The van der Waals surface area contributed by atoms with Gasteiger partial charge in [0.1, 0.15) is 11.5 Å². The van der Waals surface area contributed by atoms with Crippen molar-refractivity contribution in [1.82, 2.24) is 0 Å². The largest absolute Gasteiger partial charge is 0.464 e. The summed E-state index contributed by atoms with van der Waals surface area (Å²) >= 11 is 7.59. The zero-order chi connectivity index (χ0) is 11.4. The average Bonchev–Trinajstić information content (AvgIpc) is 2.74. The van der Waals surface area contributed by atoms with Gasteiger partial charge in [0.2, 0.25) is 0 Å². The summed E-state index contributed by atoms with van der Waals surface area (Å²) in [4.78, 5) is 1.14. The first kappa shape index (κ1) is 11.6. The van der Waals surface area contributed by atoms with E-state index in [1.165, 1.54) is 0 Å². The summed E-state index contributed by atoms with van der Waals surface area (Å²) in [6.45, 7) is 0.446. The Morgan fingerprint density at radius 3 is 2.69 bits per heavy atom. The van der Waals surface area contributed by atoms with E-state index in [4.69, 9.17) is 21.8 Å². The van der Waals surface area contributed by atoms with Crippen LogP contribution >= 0.6 is 23.4 Å². The smallest absolute Gasteiger partial charge is 0.117 e. The van der Waals surface area contributed by atoms with Crippen LogP contribution in [0.4, 0.5) is 0 Å². The highest BCUT2D eigenvalue weighted by molar-refractivity contribution is 7.98. The van der Waals surface area contributed by atoms with Crippen molar-refractivity contribution in [3.8, 4) is 0 Å². The molecule has 0 unspecified atom stereocenters. The third-order valence-electron chi connectivity index (χ3n) is 2.10. The van der Waals surface area contributed by atoms with Crippen molar-refractivity contribution < 1.29 is 4.42 Å². The Balaban J connectivity index is 1.96. The first-order valence-electron chi connectivity index (χ1n) is 4.94. The molecule has 0 bridgehead atoms. The summed E-state index contributed by atoms with van der Waals surface area (Å²) in [6.07, 6.45) is 0. The molecule has 1 heterocycles. The van der Waals surface area contributed by atoms with Crippen LogP contribution in [0.15, 0.2) is 45.7 Å². The predicted octanol–water partition coefficient (Wildman–Crippen LogP) is 3.68. The Labute approximate surface area is 104 Å². The van der Waals surface area contributed by atoms with E-state index in [-0.39, 0.29) is 0 Å². The second-order valence-electron chi connectivity index (χ2n) is 3.32. The van der Waals surface area contributed by atoms with E-state index in [1.807, 2.05) is 36.4 Å². The molecule has 0 aliphatic heterocycles. The molecule has 1 aromatic carbocycles. The van der Waals surface area contributed by atoms with Crippen LogP contribution in [0.5, 0.6) is 0 Å². The van der Waals surface area contributed by atoms with Gasteiger partial charge in [-0.1, -0.05) is 17.7 Å². The van der Waals surface area contributed by atoms with Gasteiger partial charge >= 0.3 is 0 Å². The Bertz CT molecular complexity index is 470. The number of benzene rings is 1. The molecule has 1 aromatic heterocycles. The van der Waals surface area contributed by atoms with E-state index in [9.17, 15) is 0 Å². The number of hydrogen-bond acceptors (Lipinski definition) is 3. The van der Waals surface area contributed by atoms with Gasteiger partial charge in [0.25, 0.3) is 0 Å². The van der Waals surface area contributed by atoms with Crippen molar-refractivity contribution in [3.63, 3.8) is 0 Å². The minimum absolute atomic E-state index is 0.446. The Kier molecular flexibility index (Phi) is 3.93. The van der Waals surface area contributed by atoms with Gasteiger partial charge < -0.3 is 10.2 Å². The van der Waals surface area contributed by atoms with Crippen LogP contribution in [0.3, 0.4) is 0 Å². The van der Waals surface area contributed by atoms with Gasteiger partial charge in [0.15, 0.2) is 0 Å². The van der Waals surface area contributed by atoms with Gasteiger partial charge in [-0.05, 0) is 30.3 Å². The predicted molar refractivity (Wildman–Crippen MR) is 67.6 cm³/mol. The van der Waals surface area contributed by atoms with Crippen LogP contribution in [-0.4, -0.2) is 0 Å². The summed E-state index contributed by atoms with van der Waals surface area (Å²) in [5.41, 5.74) is 5.47. The highest BCUT2D eigenvalue weighted by atomic mass is 35.5. The molecule has 0 aliphatic rings. The van der Waals surface area contributed by atoms with E-state index in [0.717, 1.165) is 27.2 Å². The first-order valence-corrected chi connectivity index (χ1v) is 6.30. The van der Waals surface area contributed by atoms with Crippen molar-refractivity contribution in [3.05, 3.63) is 52.9 Å². The molecule has 0 spiro atoms. The maximum Gasteiger partial charge on any atom is 0.117 e. The summed E-state index contributed by atoms with van der Waals surface area (Å²) < 4.78 is 5.51. The zero-order valence-electron chi connectivity index (χ0n) is 8.65. The molecule has 4 heteroatoms. The molecule has 0 atom stereocenters. The van der Waals surface area contributed by atoms with Gasteiger partial charge in [-0.15, -0.1) is 11.8 Å². The maximum atomic E-state index is 5.90. The van der Waals surface area contributed by atoms with Gasteiger partial charge in [-0.3, -0.25) is 0 Å². The lowest BCUT2D eigenvalue weighted by Gasteiger charge is -1.99. The lowest BCUT2D eigenvalue weighted by molar-refractivity contribution is 0.482. The zero-order valence-corrected chi connectivity index (χ0v) is 10.2. The minimum Gasteiger partial charge on any atom is -0.464 e. The molecule has 84 valence electrons. The van der Waals surface area contributed by atoms with Crippen molar-refractivity contribution in [2.24, 2.45) is 5.73 Å². The molecule has 0 aliphatic carbocycles. The van der Waals surface area contributed by atoms with Crippen molar-refractivity contribution in [2.75, 3.05) is 0 Å². The van der Waals surface area contributed by atoms with Crippen LogP contribution in [0.25, 0.3) is 0 Å². The second-order valence-corrected chi connectivity index (χ2v) is 4.80. The van der Waals surface area contributed by atoms with Crippen LogP contribution < -0.4 is 5.73 Å². The molecule has 0 saturated carbocycles. The highest BCUT2D eigenvalue weighted by Gasteiger charge is 2.02. The lowest BCUT2D eigenvalue weighted by atomic mass is 10.4. The molecule has 2 N–H and O–H groups in total. The summed E-state index contributed by atoms with van der Waals surface area (Å²) in [5, 5.41) is 0.757. The Hall–Kier alpha value is -0.900. The van der Waals surface area contributed by atoms with E-state index >= 15 is 0 Å². The van der Waals surface area contributed by atoms with Gasteiger partial charge in [0, 0.05) is 9.92 Å². The lowest BCUT2D eigenvalue weighted by Crippen LogP contribution is -1.92. The average molecular weight is 254 g/mol. The number of thioether (sulfide) groups is 1. The van der Waals surface area contributed by atoms with Crippen LogP contribution in [0.2, 0.25) is 5.02 Å². The Morgan fingerprint density at radius 2 is 2.00 bits per heavy atom. The molecule has 0 fully saturated rings. The van der Waals surface area contributed by atoms with E-state index in [0.29, 0.717) is 6.54 Å². The maximum absolute atomic E-state index is 5.90. The van der Waals surface area contributed by atoms with Crippen molar-refractivity contribution in [1.29, 1.82) is 0 Å². The third kappa shape index (κ3) is 3.04. The van der Waals surface area contributed by atoms with Gasteiger partial charge in [-0.25, -0.2) is 0 Å². The number of nitrogens with two attached hydrogens (primary N) is 1. The molecule has 0 amide bonds. The highest BCUT2D eigenvalue weighted by Crippen LogP contribution is 2.25. The molecule has 2 aromatic rings. The molecular formula is C12H12ClNOS. The van der Waals surface area contributed by atoms with Crippen LogP contribution in [0, 0.1) is 0 Å². The summed E-state index contributed by atoms with van der Waals surface area (Å²) in [5.74, 6) is 2.55. The van der Waals surface area contributed by atoms with Gasteiger partial charge in [-0.2, -0.15) is 0 Å². The molecule has 2 rings (SSSR count). The number of rotatable bonds is 4. The van der Waals surface area contributed by atoms with E-state index in [1.54, 1.807) is 11.8 Å². The third-order valence-corrected chi connectivity index (χ3v) is 3.35. The molecule has 16 heavy (non-hydrogen) atoms. The topological polar surface area (TPSA) is 39.2 Å². The fourth-order valence-corrected chi connectivity index (χ4v) is 2.42. The quantitative estimate of drug-likeness (QED) is 0.845. The fraction of sp³-hybridized carbons (Fsp3) is 0.167. The summed E-state index contributed by atoms with van der Waals surface area (Å²) in [6, 6.07) is 11.7. The second kappa shape index (κ2) is 5.43. The number of furan rings is 1. The molecule has 2 nitrogen and oxygen atoms in total. The first-order chi connectivity index (χ1) is 7.78. The minimum atomic E-state index is 0.446. The SMILES string of the molecule is NCc1ccc(CSc2cccc(Cl)c2)o1. The standard InChI is InChI=1S/C12H12ClNOS/c13-9-2-1-3-12(6-9)16-8-11-5-4-10(7-14)15-11/h1-6H,7-8,14H2. The number of hydrogen-bond donors (Lipinski definition) is 1. The van der Waals surface area contributed by atoms with Crippen LogP contribution in [-0.2, 0) is 12.3 Å². The Morgan fingerprint density at radius 1 is 1.19 bits per heavy atom. The van der Waals surface area contributed by atoms with Crippen LogP contribution in [0.1, 0.15) is 11.5 Å². The van der Waals surface area contributed by atoms with E-state index < -0.39 is 0 Å². The van der Waals surface area contributed by atoms with Gasteiger partial charge in [0.05, 0.1) is 12.3 Å². The van der Waals surface area contributed by atoms with E-state index in [2.05, 4.69) is 0 Å². The van der Waals surface area contributed by atoms with Crippen molar-refractivity contribution >= 4 is 23.4 Å². The van der Waals surface area contributed by atoms with Crippen molar-refractivity contribution in [2.45, 2.75) is 17.2 Å². The molecular weight excluding hydrogens is 242 g/mol. The number of halogens is 1. The summed E-state index contributed by atoms with van der Waals surface area (Å²) in [7, 11) is 0. The fourth-order valence-electron chi connectivity index (χ4n) is 1.32. The monoisotopic (exact) mass is 253 g/mol. The normalized spacial score (nSPS) is 10.6. The molecule has 0 saturated heterocycles.